The summed E-state index contributed by atoms with van der Waals surface area (Å²) < 4.78 is 4.95. The summed E-state index contributed by atoms with van der Waals surface area (Å²) in [4.78, 5) is 17.2. The lowest BCUT2D eigenvalue weighted by molar-refractivity contribution is 0.115. The van der Waals surface area contributed by atoms with Crippen molar-refractivity contribution >= 4 is 12.0 Å². The molecule has 0 saturated carbocycles. The Morgan fingerprint density at radius 3 is 3.22 bits per heavy atom. The number of nitrogens with zero attached hydrogens (tertiary/aromatic N) is 3. The number of aromatic nitrogens is 3. The average molecular weight is 254 g/mol. The van der Waals surface area contributed by atoms with Crippen LogP contribution in [-0.4, -0.2) is 51.9 Å². The summed E-state index contributed by atoms with van der Waals surface area (Å²) in [5, 5.41) is 9.78. The van der Waals surface area contributed by atoms with Crippen molar-refractivity contribution in [1.82, 2.24) is 25.4 Å². The fourth-order valence-corrected chi connectivity index (χ4v) is 1.94. The van der Waals surface area contributed by atoms with Gasteiger partial charge in [0, 0.05) is 19.1 Å². The zero-order chi connectivity index (χ0) is 13.0. The monoisotopic (exact) mass is 254 g/mol. The Labute approximate surface area is 105 Å². The van der Waals surface area contributed by atoms with Gasteiger partial charge in [0.15, 0.2) is 0 Å². The van der Waals surface area contributed by atoms with Crippen molar-refractivity contribution in [3.63, 3.8) is 0 Å². The molecule has 1 aliphatic heterocycles. The van der Waals surface area contributed by atoms with Crippen LogP contribution in [0.5, 0.6) is 0 Å². The van der Waals surface area contributed by atoms with E-state index in [-0.39, 0.29) is 18.1 Å². The Bertz CT molecular complexity index is 407. The first-order valence-electron chi connectivity index (χ1n) is 6.01. The van der Waals surface area contributed by atoms with Crippen molar-refractivity contribution in [2.75, 3.05) is 25.4 Å². The maximum absolute atomic E-state index is 11.5. The first kappa shape index (κ1) is 12.6. The van der Waals surface area contributed by atoms with E-state index in [2.05, 4.69) is 20.5 Å². The summed E-state index contributed by atoms with van der Waals surface area (Å²) in [5.74, 6) is 0.938. The number of amides is 1. The number of nitrogens with two attached hydrogens (primary N) is 1. The smallest absolute Gasteiger partial charge is 0.409 e. The zero-order valence-corrected chi connectivity index (χ0v) is 10.3. The molecular weight excluding hydrogens is 236 g/mol. The number of carbonyl (C=O) groups is 1. The third-order valence-electron chi connectivity index (χ3n) is 2.82. The molecule has 0 radical (unpaired) electrons. The molecule has 4 N–H and O–H groups in total. The third-order valence-corrected chi connectivity index (χ3v) is 2.82. The standard InChI is InChI=1S/C10H18N6O2/c1-2-18-10(17)16-4-3-7(6-16)12-5-8-13-9(11)15-14-8/h7,12H,2-6H2,1H3,(H3,11,13,14,15)/t7-/m0/s1. The van der Waals surface area contributed by atoms with E-state index in [1.807, 2.05) is 0 Å². The molecule has 1 amide bonds. The highest BCUT2D eigenvalue weighted by Gasteiger charge is 2.26. The molecular formula is C10H18N6O2. The van der Waals surface area contributed by atoms with E-state index < -0.39 is 0 Å². The second kappa shape index (κ2) is 5.67. The highest BCUT2D eigenvalue weighted by Crippen LogP contribution is 2.11. The molecule has 8 heteroatoms. The van der Waals surface area contributed by atoms with E-state index in [1.54, 1.807) is 11.8 Å². The molecule has 1 aromatic rings. The fraction of sp³-hybridized carbons (Fsp3) is 0.700. The predicted octanol–water partition coefficient (Wildman–Crippen LogP) is -0.293. The van der Waals surface area contributed by atoms with Crippen LogP contribution < -0.4 is 11.1 Å². The Morgan fingerprint density at radius 1 is 1.72 bits per heavy atom. The van der Waals surface area contributed by atoms with Gasteiger partial charge in [-0.3, -0.25) is 5.10 Å². The maximum atomic E-state index is 11.5. The van der Waals surface area contributed by atoms with Crippen molar-refractivity contribution in [3.05, 3.63) is 5.82 Å². The number of carbonyl (C=O) groups excluding carboxylic acids is 1. The van der Waals surface area contributed by atoms with Crippen molar-refractivity contribution in [2.45, 2.75) is 25.9 Å². The van der Waals surface area contributed by atoms with Crippen LogP contribution in [0.4, 0.5) is 10.7 Å². The lowest BCUT2D eigenvalue weighted by atomic mass is 10.2. The molecule has 100 valence electrons. The average Bonchev–Trinajstić information content (AvgIpc) is 2.95. The van der Waals surface area contributed by atoms with E-state index in [0.29, 0.717) is 25.5 Å². The quantitative estimate of drug-likeness (QED) is 0.681. The first-order chi connectivity index (χ1) is 8.69. The molecule has 0 bridgehead atoms. The topological polar surface area (TPSA) is 109 Å². The summed E-state index contributed by atoms with van der Waals surface area (Å²) >= 11 is 0. The molecule has 8 nitrogen and oxygen atoms in total. The molecule has 1 atom stereocenters. The van der Waals surface area contributed by atoms with Crippen molar-refractivity contribution in [3.8, 4) is 0 Å². The number of anilines is 1. The summed E-state index contributed by atoms with van der Waals surface area (Å²) in [6.45, 7) is 4.14. The van der Waals surface area contributed by atoms with E-state index in [0.717, 1.165) is 13.0 Å². The number of hydrogen-bond acceptors (Lipinski definition) is 6. The predicted molar refractivity (Wildman–Crippen MR) is 64.6 cm³/mol. The van der Waals surface area contributed by atoms with Gasteiger partial charge >= 0.3 is 6.09 Å². The van der Waals surface area contributed by atoms with Crippen LogP contribution in [0.2, 0.25) is 0 Å². The third kappa shape index (κ3) is 3.10. The minimum Gasteiger partial charge on any atom is -0.450 e. The number of aromatic amines is 1. The van der Waals surface area contributed by atoms with E-state index in [1.165, 1.54) is 0 Å². The second-order valence-corrected chi connectivity index (χ2v) is 4.15. The highest BCUT2D eigenvalue weighted by molar-refractivity contribution is 5.68. The van der Waals surface area contributed by atoms with Gasteiger partial charge in [0.1, 0.15) is 5.82 Å². The van der Waals surface area contributed by atoms with Gasteiger partial charge in [0.25, 0.3) is 0 Å². The number of likely N-dealkylation sites (tertiary alicyclic amines) is 1. The van der Waals surface area contributed by atoms with Crippen LogP contribution >= 0.6 is 0 Å². The highest BCUT2D eigenvalue weighted by atomic mass is 16.6. The SMILES string of the molecule is CCOC(=O)N1CC[C@H](NCc2nc(N)n[nH]2)C1. The lowest BCUT2D eigenvalue weighted by Crippen LogP contribution is -2.35. The molecule has 0 unspecified atom stereocenters. The number of hydrogen-bond donors (Lipinski definition) is 3. The van der Waals surface area contributed by atoms with Gasteiger partial charge in [-0.1, -0.05) is 0 Å². The van der Waals surface area contributed by atoms with Crippen molar-refractivity contribution in [2.24, 2.45) is 0 Å². The Morgan fingerprint density at radius 2 is 2.56 bits per heavy atom. The fourth-order valence-electron chi connectivity index (χ4n) is 1.94. The number of H-pyrrole nitrogens is 1. The van der Waals surface area contributed by atoms with E-state index in [4.69, 9.17) is 10.5 Å². The van der Waals surface area contributed by atoms with Crippen molar-refractivity contribution in [1.29, 1.82) is 0 Å². The normalized spacial score (nSPS) is 19.2. The number of nitrogen functional groups attached to an aromatic ring is 1. The van der Waals surface area contributed by atoms with Crippen LogP contribution in [0.25, 0.3) is 0 Å². The van der Waals surface area contributed by atoms with Crippen LogP contribution in [0.3, 0.4) is 0 Å². The maximum Gasteiger partial charge on any atom is 0.409 e. The number of ether oxygens (including phenoxy) is 1. The lowest BCUT2D eigenvalue weighted by Gasteiger charge is -2.15. The first-order valence-corrected chi connectivity index (χ1v) is 6.01. The van der Waals surface area contributed by atoms with Crippen LogP contribution in [0.15, 0.2) is 0 Å². The molecule has 0 aromatic carbocycles. The largest absolute Gasteiger partial charge is 0.450 e. The summed E-state index contributed by atoms with van der Waals surface area (Å²) in [6, 6.07) is 0.251. The van der Waals surface area contributed by atoms with E-state index >= 15 is 0 Å². The summed E-state index contributed by atoms with van der Waals surface area (Å²) in [7, 11) is 0. The summed E-state index contributed by atoms with van der Waals surface area (Å²) in [5.41, 5.74) is 5.41. The van der Waals surface area contributed by atoms with Gasteiger partial charge in [-0.25, -0.2) is 4.79 Å². The Hall–Kier alpha value is -1.83. The molecule has 2 heterocycles. The van der Waals surface area contributed by atoms with Crippen LogP contribution in [-0.2, 0) is 11.3 Å². The number of nitrogens with one attached hydrogen (secondary N) is 2. The Kier molecular flexibility index (Phi) is 3.98. The van der Waals surface area contributed by atoms with Gasteiger partial charge < -0.3 is 20.7 Å². The summed E-state index contributed by atoms with van der Waals surface area (Å²) in [6.07, 6.45) is 0.660. The van der Waals surface area contributed by atoms with Crippen LogP contribution in [0.1, 0.15) is 19.2 Å². The molecule has 1 aliphatic rings. The molecule has 18 heavy (non-hydrogen) atoms. The molecule has 0 aliphatic carbocycles. The zero-order valence-electron chi connectivity index (χ0n) is 10.3. The van der Waals surface area contributed by atoms with Gasteiger partial charge in [0.2, 0.25) is 5.95 Å². The molecule has 1 aromatic heterocycles. The van der Waals surface area contributed by atoms with Crippen molar-refractivity contribution < 1.29 is 9.53 Å². The molecule has 0 spiro atoms. The van der Waals surface area contributed by atoms with Gasteiger partial charge in [-0.05, 0) is 13.3 Å². The molecule has 1 saturated heterocycles. The number of rotatable bonds is 4. The van der Waals surface area contributed by atoms with Gasteiger partial charge in [0.05, 0.1) is 13.2 Å². The van der Waals surface area contributed by atoms with Gasteiger partial charge in [-0.2, -0.15) is 4.98 Å². The molecule has 1 fully saturated rings. The van der Waals surface area contributed by atoms with E-state index in [9.17, 15) is 4.79 Å². The Balaban J connectivity index is 1.74. The van der Waals surface area contributed by atoms with Gasteiger partial charge in [-0.15, -0.1) is 5.10 Å². The minimum atomic E-state index is -0.245. The minimum absolute atomic E-state index is 0.242. The van der Waals surface area contributed by atoms with Crippen LogP contribution in [0, 0.1) is 0 Å². The second-order valence-electron chi connectivity index (χ2n) is 4.15. The molecule has 2 rings (SSSR count).